The number of benzene rings is 2. The van der Waals surface area contributed by atoms with Crippen molar-refractivity contribution in [3.63, 3.8) is 0 Å². The van der Waals surface area contributed by atoms with Crippen LogP contribution in [0.4, 0.5) is 0 Å². The molecule has 0 amide bonds. The van der Waals surface area contributed by atoms with Crippen molar-refractivity contribution < 1.29 is 19.4 Å². The van der Waals surface area contributed by atoms with Gasteiger partial charge in [-0.1, -0.05) is 59.0 Å². The summed E-state index contributed by atoms with van der Waals surface area (Å²) in [5, 5.41) is 13.5. The van der Waals surface area contributed by atoms with E-state index in [0.29, 0.717) is 27.1 Å². The fourth-order valence-electron chi connectivity index (χ4n) is 2.70. The average molecular weight is 491 g/mol. The van der Waals surface area contributed by atoms with E-state index in [-0.39, 0.29) is 19.1 Å². The highest BCUT2D eigenvalue weighted by molar-refractivity contribution is 9.10. The molecule has 0 aliphatic carbocycles. The van der Waals surface area contributed by atoms with Gasteiger partial charge >= 0.3 is 5.97 Å². The van der Waals surface area contributed by atoms with Gasteiger partial charge in [0.1, 0.15) is 12.6 Å². The second-order valence-corrected chi connectivity index (χ2v) is 8.16. The molecule has 0 saturated heterocycles. The maximum absolute atomic E-state index is 11.5. The Morgan fingerprint density at radius 3 is 2.36 bits per heavy atom. The Kier molecular flexibility index (Phi) is 8.43. The molecule has 2 rings (SSSR count). The number of hydrogen-bond donors (Lipinski definition) is 2. The smallest absolute Gasteiger partial charge is 0.320 e. The molecule has 28 heavy (non-hydrogen) atoms. The van der Waals surface area contributed by atoms with Gasteiger partial charge in [-0.25, -0.2) is 0 Å². The van der Waals surface area contributed by atoms with Crippen molar-refractivity contribution in [3.05, 3.63) is 56.0 Å². The van der Waals surface area contributed by atoms with E-state index in [1.807, 2.05) is 19.9 Å². The van der Waals surface area contributed by atoms with Crippen LogP contribution in [0, 0.1) is 5.92 Å². The molecular weight excluding hydrogens is 469 g/mol. The van der Waals surface area contributed by atoms with Crippen LogP contribution in [0.2, 0.25) is 10.0 Å². The summed E-state index contributed by atoms with van der Waals surface area (Å²) in [4.78, 5) is 11.5. The molecule has 2 aromatic rings. The molecule has 5 nitrogen and oxygen atoms in total. The van der Waals surface area contributed by atoms with E-state index >= 15 is 0 Å². The van der Waals surface area contributed by atoms with E-state index < -0.39 is 12.0 Å². The first-order valence-electron chi connectivity index (χ1n) is 8.63. The van der Waals surface area contributed by atoms with Crippen LogP contribution >= 0.6 is 39.1 Å². The summed E-state index contributed by atoms with van der Waals surface area (Å²) in [5.41, 5.74) is 1.41. The molecule has 0 radical (unpaired) electrons. The van der Waals surface area contributed by atoms with Crippen LogP contribution in [-0.4, -0.2) is 24.2 Å². The first-order chi connectivity index (χ1) is 13.3. The lowest BCUT2D eigenvalue weighted by Crippen LogP contribution is -2.40. The second-order valence-electron chi connectivity index (χ2n) is 6.49. The van der Waals surface area contributed by atoms with Gasteiger partial charge in [-0.15, -0.1) is 0 Å². The number of methoxy groups -OCH3 is 1. The first kappa shape index (κ1) is 22.8. The zero-order chi connectivity index (χ0) is 20.8. The fourth-order valence-corrected chi connectivity index (χ4v) is 3.66. The normalized spacial score (nSPS) is 12.1. The van der Waals surface area contributed by atoms with E-state index in [1.165, 1.54) is 0 Å². The van der Waals surface area contributed by atoms with Crippen molar-refractivity contribution in [2.24, 2.45) is 5.92 Å². The highest BCUT2D eigenvalue weighted by Gasteiger charge is 2.23. The molecule has 0 aliphatic rings. The highest BCUT2D eigenvalue weighted by atomic mass is 79.9. The predicted octanol–water partition coefficient (Wildman–Crippen LogP) is 5.54. The molecular formula is C20H22BrCl2NO4. The Morgan fingerprint density at radius 1 is 1.18 bits per heavy atom. The second kappa shape index (κ2) is 10.3. The molecule has 2 aromatic carbocycles. The molecule has 8 heteroatoms. The molecule has 0 spiro atoms. The van der Waals surface area contributed by atoms with E-state index in [1.54, 1.807) is 31.4 Å². The zero-order valence-electron chi connectivity index (χ0n) is 15.8. The van der Waals surface area contributed by atoms with Crippen LogP contribution in [-0.2, 0) is 17.9 Å². The SMILES string of the molecule is COc1ccc(Br)c(CNC(C(=O)O)C(C)C)c1OCc1c(Cl)cccc1Cl. The predicted molar refractivity (Wildman–Crippen MR) is 115 cm³/mol. The summed E-state index contributed by atoms with van der Waals surface area (Å²) in [5.74, 6) is 0.0420. The standard InChI is InChI=1S/C20H22BrCl2NO4/c1-11(2)18(20(25)26)24-9-12-14(21)7-8-17(27-3)19(12)28-10-13-15(22)5-4-6-16(13)23/h4-8,11,18,24H,9-10H2,1-3H3,(H,25,26). The van der Waals surface area contributed by atoms with Crippen molar-refractivity contribution in [1.82, 2.24) is 5.32 Å². The number of nitrogens with one attached hydrogen (secondary N) is 1. The topological polar surface area (TPSA) is 67.8 Å². The van der Waals surface area contributed by atoms with Gasteiger partial charge in [0.15, 0.2) is 11.5 Å². The molecule has 0 saturated carbocycles. The van der Waals surface area contributed by atoms with Gasteiger partial charge in [0.25, 0.3) is 0 Å². The fraction of sp³-hybridized carbons (Fsp3) is 0.350. The van der Waals surface area contributed by atoms with E-state index in [2.05, 4.69) is 21.2 Å². The Balaban J connectivity index is 2.32. The van der Waals surface area contributed by atoms with E-state index in [9.17, 15) is 9.90 Å². The molecule has 152 valence electrons. The minimum absolute atomic E-state index is 0.0758. The lowest BCUT2D eigenvalue weighted by atomic mass is 10.0. The summed E-state index contributed by atoms with van der Waals surface area (Å²) in [6.07, 6.45) is 0. The number of hydrogen-bond acceptors (Lipinski definition) is 4. The Bertz CT molecular complexity index is 825. The molecule has 1 atom stereocenters. The van der Waals surface area contributed by atoms with Crippen molar-refractivity contribution >= 4 is 45.1 Å². The van der Waals surface area contributed by atoms with Gasteiger partial charge in [0.05, 0.1) is 7.11 Å². The van der Waals surface area contributed by atoms with Gasteiger partial charge in [-0.3, -0.25) is 10.1 Å². The van der Waals surface area contributed by atoms with Gasteiger partial charge in [-0.2, -0.15) is 0 Å². The highest BCUT2D eigenvalue weighted by Crippen LogP contribution is 2.38. The number of ether oxygens (including phenoxy) is 2. The lowest BCUT2D eigenvalue weighted by molar-refractivity contribution is -0.140. The summed E-state index contributed by atoms with van der Waals surface area (Å²) in [6.45, 7) is 4.12. The first-order valence-corrected chi connectivity index (χ1v) is 10.2. The van der Waals surface area contributed by atoms with Gasteiger partial charge in [-0.05, 0) is 30.2 Å². The number of carboxylic acids is 1. The molecule has 0 aromatic heterocycles. The van der Waals surface area contributed by atoms with Crippen molar-refractivity contribution in [3.8, 4) is 11.5 Å². The van der Waals surface area contributed by atoms with Crippen molar-refractivity contribution in [2.75, 3.05) is 7.11 Å². The molecule has 0 aliphatic heterocycles. The van der Waals surface area contributed by atoms with Gasteiger partial charge in [0, 0.05) is 32.2 Å². The maximum Gasteiger partial charge on any atom is 0.320 e. The monoisotopic (exact) mass is 489 g/mol. The summed E-state index contributed by atoms with van der Waals surface area (Å²) >= 11 is 16.0. The van der Waals surface area contributed by atoms with Gasteiger partial charge < -0.3 is 14.6 Å². The number of halogens is 3. The minimum Gasteiger partial charge on any atom is -0.493 e. The summed E-state index contributed by atoms with van der Waals surface area (Å²) in [6, 6.07) is 8.16. The Labute approximate surface area is 183 Å². The van der Waals surface area contributed by atoms with Gasteiger partial charge in [0.2, 0.25) is 0 Å². The third-order valence-corrected chi connectivity index (χ3v) is 5.69. The molecule has 0 heterocycles. The quantitative estimate of drug-likeness (QED) is 0.482. The van der Waals surface area contributed by atoms with Crippen LogP contribution in [0.25, 0.3) is 0 Å². The Morgan fingerprint density at radius 2 is 1.82 bits per heavy atom. The molecule has 0 bridgehead atoms. The largest absolute Gasteiger partial charge is 0.493 e. The summed E-state index contributed by atoms with van der Waals surface area (Å²) in [7, 11) is 1.55. The van der Waals surface area contributed by atoms with Crippen LogP contribution < -0.4 is 14.8 Å². The van der Waals surface area contributed by atoms with Crippen LogP contribution in [0.1, 0.15) is 25.0 Å². The number of aliphatic carboxylic acids is 1. The number of rotatable bonds is 9. The number of carbonyl (C=O) groups is 1. The van der Waals surface area contributed by atoms with E-state index in [4.69, 9.17) is 32.7 Å². The van der Waals surface area contributed by atoms with Crippen LogP contribution in [0.5, 0.6) is 11.5 Å². The Hall–Kier alpha value is -1.47. The maximum atomic E-state index is 11.5. The van der Waals surface area contributed by atoms with Crippen LogP contribution in [0.15, 0.2) is 34.8 Å². The zero-order valence-corrected chi connectivity index (χ0v) is 18.9. The lowest BCUT2D eigenvalue weighted by Gasteiger charge is -2.21. The molecule has 2 N–H and O–H groups in total. The van der Waals surface area contributed by atoms with Crippen molar-refractivity contribution in [2.45, 2.75) is 33.0 Å². The minimum atomic E-state index is -0.903. The summed E-state index contributed by atoms with van der Waals surface area (Å²) < 4.78 is 12.2. The third-order valence-electron chi connectivity index (χ3n) is 4.24. The molecule has 1 unspecified atom stereocenters. The number of carboxylic acid groups (broad SMARTS) is 1. The van der Waals surface area contributed by atoms with Crippen molar-refractivity contribution in [1.29, 1.82) is 0 Å². The van der Waals surface area contributed by atoms with E-state index in [0.717, 1.165) is 10.0 Å². The average Bonchev–Trinajstić information content (AvgIpc) is 2.62. The van der Waals surface area contributed by atoms with Crippen LogP contribution in [0.3, 0.4) is 0 Å². The molecule has 0 fully saturated rings. The third kappa shape index (κ3) is 5.54.